The molecule has 2 aliphatic rings. The highest BCUT2D eigenvalue weighted by atomic mass is 16.2. The number of aryl methyl sites for hydroxylation is 2. The van der Waals surface area contributed by atoms with Crippen LogP contribution in [0, 0.1) is 6.92 Å². The van der Waals surface area contributed by atoms with E-state index in [-0.39, 0.29) is 5.91 Å². The average Bonchev–Trinajstić information content (AvgIpc) is 3.23. The number of carbonyl (C=O) groups is 2. The van der Waals surface area contributed by atoms with E-state index in [1.165, 1.54) is 0 Å². The first kappa shape index (κ1) is 14.8. The molecule has 8 heteroatoms. The molecule has 1 saturated carbocycles. The molecular formula is C16H18N6O2. The van der Waals surface area contributed by atoms with Crippen LogP contribution in [-0.4, -0.2) is 37.7 Å². The number of imide groups is 1. The van der Waals surface area contributed by atoms with Crippen LogP contribution in [0.3, 0.4) is 0 Å². The van der Waals surface area contributed by atoms with Gasteiger partial charge in [0.25, 0.3) is 5.91 Å². The predicted molar refractivity (Wildman–Crippen MR) is 84.6 cm³/mol. The van der Waals surface area contributed by atoms with Crippen LogP contribution in [0.25, 0.3) is 5.69 Å². The summed E-state index contributed by atoms with van der Waals surface area (Å²) >= 11 is 0. The third-order valence-corrected chi connectivity index (χ3v) is 4.27. The van der Waals surface area contributed by atoms with Crippen LogP contribution in [-0.2, 0) is 11.2 Å². The maximum Gasteiger partial charge on any atom is 0.322 e. The van der Waals surface area contributed by atoms with Crippen molar-refractivity contribution in [3.63, 3.8) is 0 Å². The molecule has 0 radical (unpaired) electrons. The third kappa shape index (κ3) is 2.86. The van der Waals surface area contributed by atoms with Crippen molar-refractivity contribution in [1.29, 1.82) is 0 Å². The molecule has 24 heavy (non-hydrogen) atoms. The molecule has 1 atom stereocenters. The van der Waals surface area contributed by atoms with Gasteiger partial charge in [0.15, 0.2) is 5.82 Å². The van der Waals surface area contributed by atoms with Gasteiger partial charge in [-0.1, -0.05) is 0 Å². The SMILES string of the molecule is Cc1cc(-n2nc(C3CC3)nc2CC[C@@H]2NC(=O)NC2=O)ccn1. The summed E-state index contributed by atoms with van der Waals surface area (Å²) in [7, 11) is 0. The predicted octanol–water partition coefficient (Wildman–Crippen LogP) is 0.989. The van der Waals surface area contributed by atoms with Crippen LogP contribution < -0.4 is 10.6 Å². The highest BCUT2D eigenvalue weighted by Gasteiger charge is 2.31. The number of hydrogen-bond donors (Lipinski definition) is 2. The van der Waals surface area contributed by atoms with Gasteiger partial charge >= 0.3 is 6.03 Å². The topological polar surface area (TPSA) is 102 Å². The maximum absolute atomic E-state index is 11.7. The van der Waals surface area contributed by atoms with Gasteiger partial charge in [-0.15, -0.1) is 0 Å². The zero-order chi connectivity index (χ0) is 16.7. The van der Waals surface area contributed by atoms with Crippen LogP contribution in [0.4, 0.5) is 4.79 Å². The molecule has 1 aliphatic carbocycles. The molecule has 1 saturated heterocycles. The molecule has 4 rings (SSSR count). The number of nitrogens with zero attached hydrogens (tertiary/aromatic N) is 4. The summed E-state index contributed by atoms with van der Waals surface area (Å²) < 4.78 is 1.83. The number of rotatable bonds is 5. The second-order valence-electron chi connectivity index (χ2n) is 6.28. The number of amides is 3. The Bertz CT molecular complexity index is 811. The first-order chi connectivity index (χ1) is 11.6. The summed E-state index contributed by atoms with van der Waals surface area (Å²) in [6.45, 7) is 1.93. The summed E-state index contributed by atoms with van der Waals surface area (Å²) in [5.41, 5.74) is 1.82. The Morgan fingerprint density at radius 2 is 2.17 bits per heavy atom. The second-order valence-corrected chi connectivity index (χ2v) is 6.28. The van der Waals surface area contributed by atoms with Crippen molar-refractivity contribution in [3.05, 3.63) is 35.7 Å². The van der Waals surface area contributed by atoms with E-state index in [1.807, 2.05) is 23.7 Å². The zero-order valence-electron chi connectivity index (χ0n) is 13.3. The van der Waals surface area contributed by atoms with Crippen molar-refractivity contribution < 1.29 is 9.59 Å². The first-order valence-corrected chi connectivity index (χ1v) is 8.10. The quantitative estimate of drug-likeness (QED) is 0.798. The highest BCUT2D eigenvalue weighted by Crippen LogP contribution is 2.38. The van der Waals surface area contributed by atoms with E-state index in [0.717, 1.165) is 35.9 Å². The standard InChI is InChI=1S/C16H18N6O2/c1-9-8-11(6-7-17-9)22-13(19-14(21-22)10-2-3-10)5-4-12-15(23)20-16(24)18-12/h6-8,10,12H,2-5H2,1H3,(H2,18,20,23,24)/t12-/m0/s1. The van der Waals surface area contributed by atoms with Crippen LogP contribution in [0.15, 0.2) is 18.3 Å². The number of urea groups is 1. The maximum atomic E-state index is 11.7. The molecular weight excluding hydrogens is 308 g/mol. The van der Waals surface area contributed by atoms with E-state index >= 15 is 0 Å². The minimum absolute atomic E-state index is 0.284. The van der Waals surface area contributed by atoms with Crippen molar-refractivity contribution >= 4 is 11.9 Å². The molecule has 0 bridgehead atoms. The molecule has 3 heterocycles. The Morgan fingerprint density at radius 1 is 1.33 bits per heavy atom. The third-order valence-electron chi connectivity index (χ3n) is 4.27. The fraction of sp³-hybridized carbons (Fsp3) is 0.438. The summed E-state index contributed by atoms with van der Waals surface area (Å²) in [5, 5.41) is 9.52. The van der Waals surface area contributed by atoms with Gasteiger partial charge in [0, 0.05) is 24.2 Å². The van der Waals surface area contributed by atoms with Gasteiger partial charge in [0.1, 0.15) is 11.9 Å². The van der Waals surface area contributed by atoms with E-state index in [2.05, 4.69) is 25.7 Å². The molecule has 2 aromatic heterocycles. The molecule has 2 aromatic rings. The molecule has 0 aromatic carbocycles. The minimum Gasteiger partial charge on any atom is -0.326 e. The Hall–Kier alpha value is -2.77. The second kappa shape index (κ2) is 5.70. The number of hydrogen-bond acceptors (Lipinski definition) is 5. The van der Waals surface area contributed by atoms with Crippen molar-refractivity contribution in [3.8, 4) is 5.69 Å². The molecule has 1 aliphatic heterocycles. The number of aromatic nitrogens is 4. The van der Waals surface area contributed by atoms with Gasteiger partial charge in [-0.2, -0.15) is 5.10 Å². The lowest BCUT2D eigenvalue weighted by atomic mass is 10.1. The lowest BCUT2D eigenvalue weighted by molar-refractivity contribution is -0.120. The molecule has 2 N–H and O–H groups in total. The monoisotopic (exact) mass is 326 g/mol. The Kier molecular flexibility index (Phi) is 3.51. The van der Waals surface area contributed by atoms with E-state index < -0.39 is 12.1 Å². The Balaban J connectivity index is 1.59. The summed E-state index contributed by atoms with van der Waals surface area (Å²) in [6, 6.07) is 2.91. The number of pyridine rings is 1. The lowest BCUT2D eigenvalue weighted by Gasteiger charge is -2.08. The van der Waals surface area contributed by atoms with Gasteiger partial charge in [-0.3, -0.25) is 15.1 Å². The van der Waals surface area contributed by atoms with Crippen molar-refractivity contribution in [2.45, 2.75) is 44.6 Å². The van der Waals surface area contributed by atoms with Crippen LogP contribution in [0.5, 0.6) is 0 Å². The summed E-state index contributed by atoms with van der Waals surface area (Å²) in [6.07, 6.45) is 5.04. The highest BCUT2D eigenvalue weighted by molar-refractivity contribution is 6.04. The van der Waals surface area contributed by atoms with E-state index in [0.29, 0.717) is 18.8 Å². The lowest BCUT2D eigenvalue weighted by Crippen LogP contribution is -2.29. The summed E-state index contributed by atoms with van der Waals surface area (Å²) in [5.74, 6) is 1.83. The van der Waals surface area contributed by atoms with E-state index in [4.69, 9.17) is 0 Å². The van der Waals surface area contributed by atoms with Gasteiger partial charge in [-0.25, -0.2) is 14.5 Å². The van der Waals surface area contributed by atoms with E-state index in [9.17, 15) is 9.59 Å². The van der Waals surface area contributed by atoms with Gasteiger partial charge in [0.2, 0.25) is 0 Å². The Labute approximate surface area is 138 Å². The normalized spacial score (nSPS) is 20.1. The summed E-state index contributed by atoms with van der Waals surface area (Å²) in [4.78, 5) is 31.8. The minimum atomic E-state index is -0.508. The van der Waals surface area contributed by atoms with Crippen LogP contribution >= 0.6 is 0 Å². The van der Waals surface area contributed by atoms with Crippen molar-refractivity contribution in [2.75, 3.05) is 0 Å². The molecule has 124 valence electrons. The van der Waals surface area contributed by atoms with Crippen molar-refractivity contribution in [2.24, 2.45) is 0 Å². The van der Waals surface area contributed by atoms with Gasteiger partial charge < -0.3 is 5.32 Å². The fourth-order valence-electron chi connectivity index (χ4n) is 2.84. The van der Waals surface area contributed by atoms with E-state index in [1.54, 1.807) is 6.20 Å². The average molecular weight is 326 g/mol. The first-order valence-electron chi connectivity index (χ1n) is 8.10. The largest absolute Gasteiger partial charge is 0.326 e. The molecule has 0 unspecified atom stereocenters. The molecule has 3 amide bonds. The molecule has 0 spiro atoms. The van der Waals surface area contributed by atoms with Gasteiger partial charge in [0.05, 0.1) is 5.69 Å². The van der Waals surface area contributed by atoms with Crippen LogP contribution in [0.2, 0.25) is 0 Å². The fourth-order valence-corrected chi connectivity index (χ4v) is 2.84. The van der Waals surface area contributed by atoms with Crippen LogP contribution in [0.1, 0.15) is 42.5 Å². The van der Waals surface area contributed by atoms with Gasteiger partial charge in [-0.05, 0) is 38.3 Å². The number of carbonyl (C=O) groups excluding carboxylic acids is 2. The zero-order valence-corrected chi connectivity index (χ0v) is 13.3. The van der Waals surface area contributed by atoms with Crippen molar-refractivity contribution in [1.82, 2.24) is 30.4 Å². The smallest absolute Gasteiger partial charge is 0.322 e. The number of nitrogens with one attached hydrogen (secondary N) is 2. The Morgan fingerprint density at radius 3 is 2.83 bits per heavy atom. The molecule has 2 fully saturated rings. The molecule has 8 nitrogen and oxygen atoms in total.